The first kappa shape index (κ1) is 14.8. The number of rotatable bonds is 6. The third-order valence-electron chi connectivity index (χ3n) is 3.61. The molecule has 2 rings (SSSR count). The van der Waals surface area contributed by atoms with Gasteiger partial charge in [-0.1, -0.05) is 30.7 Å². The Morgan fingerprint density at radius 1 is 1.35 bits per heavy atom. The van der Waals surface area contributed by atoms with E-state index in [2.05, 4.69) is 11.5 Å². The SMILES string of the molecule is C=CCOc1ccc(C)cc1C(=O)CN1CCCCC1. The highest BCUT2D eigenvalue weighted by Crippen LogP contribution is 2.21. The average Bonchev–Trinajstić information content (AvgIpc) is 2.47. The van der Waals surface area contributed by atoms with Crippen molar-refractivity contribution in [1.82, 2.24) is 4.90 Å². The number of hydrogen-bond acceptors (Lipinski definition) is 3. The minimum Gasteiger partial charge on any atom is -0.489 e. The van der Waals surface area contributed by atoms with Crippen LogP contribution in [0.5, 0.6) is 5.75 Å². The third kappa shape index (κ3) is 3.94. The van der Waals surface area contributed by atoms with Crippen LogP contribution in [0.25, 0.3) is 0 Å². The fraction of sp³-hybridized carbons (Fsp3) is 0.471. The summed E-state index contributed by atoms with van der Waals surface area (Å²) in [5.74, 6) is 0.812. The van der Waals surface area contributed by atoms with Crippen molar-refractivity contribution in [3.05, 3.63) is 42.0 Å². The van der Waals surface area contributed by atoms with Crippen molar-refractivity contribution >= 4 is 5.78 Å². The monoisotopic (exact) mass is 273 g/mol. The smallest absolute Gasteiger partial charge is 0.180 e. The number of hydrogen-bond donors (Lipinski definition) is 0. The highest BCUT2D eigenvalue weighted by atomic mass is 16.5. The van der Waals surface area contributed by atoms with E-state index in [1.54, 1.807) is 6.08 Å². The van der Waals surface area contributed by atoms with Crippen LogP contribution in [0.15, 0.2) is 30.9 Å². The van der Waals surface area contributed by atoms with E-state index >= 15 is 0 Å². The molecule has 1 aliphatic rings. The molecule has 0 radical (unpaired) electrons. The molecule has 1 aromatic carbocycles. The summed E-state index contributed by atoms with van der Waals surface area (Å²) in [7, 11) is 0. The lowest BCUT2D eigenvalue weighted by atomic mass is 10.0. The van der Waals surface area contributed by atoms with E-state index in [-0.39, 0.29) is 5.78 Å². The average molecular weight is 273 g/mol. The second-order valence-corrected chi connectivity index (χ2v) is 5.36. The number of carbonyl (C=O) groups is 1. The van der Waals surface area contributed by atoms with Crippen LogP contribution < -0.4 is 4.74 Å². The zero-order chi connectivity index (χ0) is 14.4. The van der Waals surface area contributed by atoms with Gasteiger partial charge in [0.1, 0.15) is 12.4 Å². The molecule has 20 heavy (non-hydrogen) atoms. The lowest BCUT2D eigenvalue weighted by Gasteiger charge is -2.25. The molecule has 0 N–H and O–H groups in total. The second-order valence-electron chi connectivity index (χ2n) is 5.36. The molecule has 0 saturated carbocycles. The molecule has 0 unspecified atom stereocenters. The van der Waals surface area contributed by atoms with E-state index in [1.807, 2.05) is 25.1 Å². The van der Waals surface area contributed by atoms with Gasteiger partial charge in [0, 0.05) is 0 Å². The zero-order valence-electron chi connectivity index (χ0n) is 12.2. The standard InChI is InChI=1S/C17H23NO2/c1-3-11-20-17-8-7-14(2)12-15(17)16(19)13-18-9-5-4-6-10-18/h3,7-8,12H,1,4-6,9-11,13H2,2H3. The van der Waals surface area contributed by atoms with E-state index in [0.29, 0.717) is 24.5 Å². The molecule has 0 bridgehead atoms. The quantitative estimate of drug-likeness (QED) is 0.588. The van der Waals surface area contributed by atoms with Gasteiger partial charge in [-0.2, -0.15) is 0 Å². The van der Waals surface area contributed by atoms with Crippen LogP contribution in [-0.4, -0.2) is 36.9 Å². The summed E-state index contributed by atoms with van der Waals surface area (Å²) in [5.41, 5.74) is 1.77. The zero-order valence-corrected chi connectivity index (χ0v) is 12.2. The maximum Gasteiger partial charge on any atom is 0.180 e. The summed E-state index contributed by atoms with van der Waals surface area (Å²) < 4.78 is 5.59. The summed E-state index contributed by atoms with van der Waals surface area (Å²) in [6, 6.07) is 5.77. The predicted molar refractivity (Wildman–Crippen MR) is 81.5 cm³/mol. The van der Waals surface area contributed by atoms with Gasteiger partial charge in [0.15, 0.2) is 5.78 Å². The number of carbonyl (C=O) groups excluding carboxylic acids is 1. The first-order valence-electron chi connectivity index (χ1n) is 7.30. The molecule has 0 atom stereocenters. The molecular weight excluding hydrogens is 250 g/mol. The number of aryl methyl sites for hydroxylation is 1. The van der Waals surface area contributed by atoms with Gasteiger partial charge in [0.2, 0.25) is 0 Å². The Kier molecular flexibility index (Phi) is 5.36. The Labute approximate surface area is 121 Å². The molecule has 0 amide bonds. The first-order chi connectivity index (χ1) is 9.70. The molecule has 0 spiro atoms. The Bertz CT molecular complexity index is 476. The normalized spacial score (nSPS) is 15.8. The van der Waals surface area contributed by atoms with Crippen LogP contribution in [0, 0.1) is 6.92 Å². The lowest BCUT2D eigenvalue weighted by molar-refractivity contribution is 0.0912. The van der Waals surface area contributed by atoms with Crippen LogP contribution in [0.3, 0.4) is 0 Å². The molecule has 1 aromatic rings. The van der Waals surface area contributed by atoms with Crippen molar-refractivity contribution in [2.45, 2.75) is 26.2 Å². The number of likely N-dealkylation sites (tertiary alicyclic amines) is 1. The number of ether oxygens (including phenoxy) is 1. The predicted octanol–water partition coefficient (Wildman–Crippen LogP) is 3.23. The van der Waals surface area contributed by atoms with Crippen molar-refractivity contribution in [1.29, 1.82) is 0 Å². The molecule has 0 aliphatic carbocycles. The summed E-state index contributed by atoms with van der Waals surface area (Å²) >= 11 is 0. The van der Waals surface area contributed by atoms with Gasteiger partial charge in [-0.15, -0.1) is 0 Å². The van der Waals surface area contributed by atoms with Crippen molar-refractivity contribution in [3.8, 4) is 5.75 Å². The molecule has 108 valence electrons. The van der Waals surface area contributed by atoms with Crippen LogP contribution in [0.1, 0.15) is 35.2 Å². The highest BCUT2D eigenvalue weighted by Gasteiger charge is 2.18. The summed E-state index contributed by atoms with van der Waals surface area (Å²) in [4.78, 5) is 14.7. The number of ketones is 1. The fourth-order valence-electron chi connectivity index (χ4n) is 2.54. The van der Waals surface area contributed by atoms with Gasteiger partial charge in [0.25, 0.3) is 0 Å². The molecule has 3 heteroatoms. The van der Waals surface area contributed by atoms with E-state index < -0.39 is 0 Å². The Balaban J connectivity index is 2.10. The molecule has 0 aromatic heterocycles. The minimum atomic E-state index is 0.148. The van der Waals surface area contributed by atoms with Gasteiger partial charge < -0.3 is 4.74 Å². The Morgan fingerprint density at radius 2 is 2.10 bits per heavy atom. The maximum absolute atomic E-state index is 12.5. The summed E-state index contributed by atoms with van der Waals surface area (Å²) in [5, 5.41) is 0. The van der Waals surface area contributed by atoms with E-state index in [9.17, 15) is 4.79 Å². The molecule has 1 saturated heterocycles. The number of piperidine rings is 1. The van der Waals surface area contributed by atoms with E-state index in [4.69, 9.17) is 4.74 Å². The third-order valence-corrected chi connectivity index (χ3v) is 3.61. The molecule has 1 fully saturated rings. The van der Waals surface area contributed by atoms with Crippen molar-refractivity contribution < 1.29 is 9.53 Å². The van der Waals surface area contributed by atoms with Gasteiger partial charge >= 0.3 is 0 Å². The van der Waals surface area contributed by atoms with Crippen molar-refractivity contribution in [2.75, 3.05) is 26.2 Å². The molecule has 3 nitrogen and oxygen atoms in total. The second kappa shape index (κ2) is 7.25. The topological polar surface area (TPSA) is 29.5 Å². The van der Waals surface area contributed by atoms with Crippen LogP contribution in [-0.2, 0) is 0 Å². The largest absolute Gasteiger partial charge is 0.489 e. The van der Waals surface area contributed by atoms with Gasteiger partial charge in [-0.25, -0.2) is 0 Å². The number of benzene rings is 1. The van der Waals surface area contributed by atoms with E-state index in [0.717, 1.165) is 18.7 Å². The number of nitrogens with zero attached hydrogens (tertiary/aromatic N) is 1. The molecule has 1 aliphatic heterocycles. The van der Waals surface area contributed by atoms with Gasteiger partial charge in [-0.05, 0) is 45.0 Å². The Morgan fingerprint density at radius 3 is 2.80 bits per heavy atom. The van der Waals surface area contributed by atoms with Crippen molar-refractivity contribution in [3.63, 3.8) is 0 Å². The maximum atomic E-state index is 12.5. The van der Waals surface area contributed by atoms with E-state index in [1.165, 1.54) is 19.3 Å². The summed E-state index contributed by atoms with van der Waals surface area (Å²) in [6.45, 7) is 8.61. The van der Waals surface area contributed by atoms with Crippen molar-refractivity contribution in [2.24, 2.45) is 0 Å². The van der Waals surface area contributed by atoms with Gasteiger partial charge in [0.05, 0.1) is 12.1 Å². The first-order valence-corrected chi connectivity index (χ1v) is 7.30. The van der Waals surface area contributed by atoms with Gasteiger partial charge in [-0.3, -0.25) is 9.69 Å². The Hall–Kier alpha value is -1.61. The van der Waals surface area contributed by atoms with Crippen LogP contribution >= 0.6 is 0 Å². The number of Topliss-reactive ketones (excluding diaryl/α,β-unsaturated/α-hetero) is 1. The lowest BCUT2D eigenvalue weighted by Crippen LogP contribution is -2.34. The fourth-order valence-corrected chi connectivity index (χ4v) is 2.54. The molecule has 1 heterocycles. The van der Waals surface area contributed by atoms with Crippen LogP contribution in [0.2, 0.25) is 0 Å². The molecular formula is C17H23NO2. The van der Waals surface area contributed by atoms with Crippen LogP contribution in [0.4, 0.5) is 0 Å². The minimum absolute atomic E-state index is 0.148. The highest BCUT2D eigenvalue weighted by molar-refractivity contribution is 6.00. The summed E-state index contributed by atoms with van der Waals surface area (Å²) in [6.07, 6.45) is 5.36.